The van der Waals surface area contributed by atoms with Gasteiger partial charge in [0.2, 0.25) is 0 Å². The highest BCUT2D eigenvalue weighted by atomic mass is 16.5. The first-order chi connectivity index (χ1) is 22.8. The first-order valence-electron chi connectivity index (χ1n) is 20.5. The molecule has 0 fully saturated rings. The highest BCUT2D eigenvalue weighted by Gasteiger charge is 2.28. The fraction of sp³-hybridized carbons (Fsp3) is 0.951. The van der Waals surface area contributed by atoms with Gasteiger partial charge in [-0.2, -0.15) is 0 Å². The summed E-state index contributed by atoms with van der Waals surface area (Å²) < 4.78 is 11.1. The molecule has 0 saturated carbocycles. The van der Waals surface area contributed by atoms with Crippen LogP contribution in [0.1, 0.15) is 202 Å². The normalized spacial score (nSPS) is 11.9. The van der Waals surface area contributed by atoms with Crippen LogP contribution in [0.25, 0.3) is 0 Å². The van der Waals surface area contributed by atoms with E-state index in [1.165, 1.54) is 77.0 Å². The van der Waals surface area contributed by atoms with Crippen molar-refractivity contribution in [2.24, 2.45) is 11.3 Å². The molecule has 1 N–H and O–H groups in total. The molecule has 0 aromatic carbocycles. The molecule has 0 spiro atoms. The van der Waals surface area contributed by atoms with Crippen LogP contribution in [0.15, 0.2) is 0 Å². The summed E-state index contributed by atoms with van der Waals surface area (Å²) in [4.78, 5) is 27.0. The molecule has 0 aliphatic carbocycles. The lowest BCUT2D eigenvalue weighted by atomic mass is 9.87. The Kier molecular flexibility index (Phi) is 32.6. The topological polar surface area (TPSA) is 76.1 Å². The van der Waals surface area contributed by atoms with Gasteiger partial charge in [-0.05, 0) is 71.4 Å². The van der Waals surface area contributed by atoms with Crippen molar-refractivity contribution < 1.29 is 24.2 Å². The van der Waals surface area contributed by atoms with Gasteiger partial charge in [-0.1, -0.05) is 143 Å². The standard InChI is InChI=1S/C41H81NO5/c1-6-9-10-11-12-18-25-37-47-40(45)41(4,5)31-22-15-17-24-33-42(34-35-43)32-23-16-13-14-21-30-39(44)46-36-26-19-20-29-38(27-7-2)28-8-3/h38,43H,6-37H2,1-5H3. The van der Waals surface area contributed by atoms with Gasteiger partial charge in [-0.25, -0.2) is 0 Å². The van der Waals surface area contributed by atoms with E-state index in [0.29, 0.717) is 19.6 Å². The molecule has 0 aliphatic heterocycles. The van der Waals surface area contributed by atoms with Crippen molar-refractivity contribution in [1.82, 2.24) is 4.90 Å². The molecule has 0 amide bonds. The minimum Gasteiger partial charge on any atom is -0.466 e. The molecular formula is C41H81NO5. The van der Waals surface area contributed by atoms with Crippen LogP contribution in [0.5, 0.6) is 0 Å². The molecule has 0 atom stereocenters. The molecule has 0 radical (unpaired) electrons. The number of aliphatic hydroxyl groups is 1. The number of esters is 2. The summed E-state index contributed by atoms with van der Waals surface area (Å²) in [6, 6.07) is 0. The maximum Gasteiger partial charge on any atom is 0.311 e. The van der Waals surface area contributed by atoms with E-state index in [0.717, 1.165) is 109 Å². The van der Waals surface area contributed by atoms with E-state index in [4.69, 9.17) is 9.47 Å². The van der Waals surface area contributed by atoms with E-state index in [1.807, 2.05) is 13.8 Å². The van der Waals surface area contributed by atoms with E-state index in [2.05, 4.69) is 25.7 Å². The predicted octanol–water partition coefficient (Wildman–Crippen LogP) is 11.2. The summed E-state index contributed by atoms with van der Waals surface area (Å²) in [5.41, 5.74) is -0.407. The zero-order valence-electron chi connectivity index (χ0n) is 32.2. The van der Waals surface area contributed by atoms with Crippen molar-refractivity contribution >= 4 is 11.9 Å². The number of hydrogen-bond donors (Lipinski definition) is 1. The average Bonchev–Trinajstić information content (AvgIpc) is 3.04. The molecule has 0 aromatic heterocycles. The third-order valence-corrected chi connectivity index (χ3v) is 9.74. The third-order valence-electron chi connectivity index (χ3n) is 9.74. The number of aliphatic hydroxyl groups excluding tert-OH is 1. The number of nitrogens with zero attached hydrogens (tertiary/aromatic N) is 1. The van der Waals surface area contributed by atoms with Crippen LogP contribution in [0, 0.1) is 11.3 Å². The molecule has 0 aliphatic rings. The maximum atomic E-state index is 12.6. The van der Waals surface area contributed by atoms with Crippen LogP contribution >= 0.6 is 0 Å². The Hall–Kier alpha value is -1.14. The maximum absolute atomic E-state index is 12.6. The van der Waals surface area contributed by atoms with Gasteiger partial charge in [-0.3, -0.25) is 9.59 Å². The fourth-order valence-electron chi connectivity index (χ4n) is 6.61. The van der Waals surface area contributed by atoms with Crippen LogP contribution in [0.2, 0.25) is 0 Å². The Morgan fingerprint density at radius 1 is 0.574 bits per heavy atom. The minimum atomic E-state index is -0.407. The smallest absolute Gasteiger partial charge is 0.311 e. The van der Waals surface area contributed by atoms with Gasteiger partial charge in [0.15, 0.2) is 0 Å². The Morgan fingerprint density at radius 3 is 1.68 bits per heavy atom. The second-order valence-electron chi connectivity index (χ2n) is 14.9. The molecule has 0 bridgehead atoms. The van der Waals surface area contributed by atoms with Crippen LogP contribution in [-0.4, -0.2) is 61.4 Å². The summed E-state index contributed by atoms with van der Waals surface area (Å²) in [5.74, 6) is 0.807. The van der Waals surface area contributed by atoms with Gasteiger partial charge >= 0.3 is 11.9 Å². The number of carbonyl (C=O) groups is 2. The third kappa shape index (κ3) is 29.5. The molecule has 280 valence electrons. The van der Waals surface area contributed by atoms with Crippen molar-refractivity contribution in [3.05, 3.63) is 0 Å². The number of rotatable bonds is 36. The Bertz CT molecular complexity index is 691. The first kappa shape index (κ1) is 45.9. The summed E-state index contributed by atoms with van der Waals surface area (Å²) in [5, 5.41) is 9.51. The van der Waals surface area contributed by atoms with E-state index in [-0.39, 0.29) is 18.5 Å². The van der Waals surface area contributed by atoms with Gasteiger partial charge in [0.1, 0.15) is 0 Å². The lowest BCUT2D eigenvalue weighted by Gasteiger charge is -2.23. The largest absolute Gasteiger partial charge is 0.466 e. The second-order valence-corrected chi connectivity index (χ2v) is 14.9. The first-order valence-corrected chi connectivity index (χ1v) is 20.5. The van der Waals surface area contributed by atoms with E-state index < -0.39 is 5.41 Å². The summed E-state index contributed by atoms with van der Waals surface area (Å²) >= 11 is 0. The minimum absolute atomic E-state index is 0.0312. The quantitative estimate of drug-likeness (QED) is 0.0529. The Labute approximate surface area is 292 Å². The molecule has 0 unspecified atom stereocenters. The average molecular weight is 668 g/mol. The van der Waals surface area contributed by atoms with Gasteiger partial charge in [-0.15, -0.1) is 0 Å². The molecule has 0 saturated heterocycles. The van der Waals surface area contributed by atoms with Crippen LogP contribution in [0.4, 0.5) is 0 Å². The van der Waals surface area contributed by atoms with Crippen LogP contribution < -0.4 is 0 Å². The van der Waals surface area contributed by atoms with Crippen LogP contribution in [-0.2, 0) is 19.1 Å². The van der Waals surface area contributed by atoms with Gasteiger partial charge < -0.3 is 19.5 Å². The Balaban J connectivity index is 3.79. The monoisotopic (exact) mass is 668 g/mol. The molecule has 6 nitrogen and oxygen atoms in total. The Morgan fingerprint density at radius 2 is 1.09 bits per heavy atom. The SMILES string of the molecule is CCCCCCCCCOC(=O)C(C)(C)CCCCCCN(CCO)CCCCCCCC(=O)OCCCCCC(CCC)CCC. The molecule has 0 aromatic rings. The number of unbranched alkanes of at least 4 members (excludes halogenated alkanes) is 15. The molecule has 47 heavy (non-hydrogen) atoms. The molecule has 0 heterocycles. The van der Waals surface area contributed by atoms with Gasteiger partial charge in [0, 0.05) is 13.0 Å². The van der Waals surface area contributed by atoms with Crippen molar-refractivity contribution in [3.63, 3.8) is 0 Å². The van der Waals surface area contributed by atoms with E-state index in [1.54, 1.807) is 0 Å². The highest BCUT2D eigenvalue weighted by Crippen LogP contribution is 2.26. The molecular weight excluding hydrogens is 586 g/mol. The number of hydrogen-bond acceptors (Lipinski definition) is 6. The molecule has 6 heteroatoms. The van der Waals surface area contributed by atoms with Crippen molar-refractivity contribution in [2.75, 3.05) is 39.5 Å². The number of ether oxygens (including phenoxy) is 2. The van der Waals surface area contributed by atoms with Crippen LogP contribution in [0.3, 0.4) is 0 Å². The summed E-state index contributed by atoms with van der Waals surface area (Å²) in [7, 11) is 0. The molecule has 0 rings (SSSR count). The predicted molar refractivity (Wildman–Crippen MR) is 200 cm³/mol. The van der Waals surface area contributed by atoms with Crippen molar-refractivity contribution in [1.29, 1.82) is 0 Å². The second kappa shape index (κ2) is 33.4. The van der Waals surface area contributed by atoms with E-state index >= 15 is 0 Å². The lowest BCUT2D eigenvalue weighted by Crippen LogP contribution is -2.29. The van der Waals surface area contributed by atoms with E-state index in [9.17, 15) is 14.7 Å². The highest BCUT2D eigenvalue weighted by molar-refractivity contribution is 5.75. The summed E-state index contributed by atoms with van der Waals surface area (Å²) in [6.45, 7) is 15.0. The van der Waals surface area contributed by atoms with Crippen molar-refractivity contribution in [3.8, 4) is 0 Å². The van der Waals surface area contributed by atoms with Crippen molar-refractivity contribution in [2.45, 2.75) is 202 Å². The van der Waals surface area contributed by atoms with Gasteiger partial charge in [0.25, 0.3) is 0 Å². The zero-order valence-corrected chi connectivity index (χ0v) is 32.2. The zero-order chi connectivity index (χ0) is 34.9. The summed E-state index contributed by atoms with van der Waals surface area (Å²) in [6.07, 6.45) is 29.9. The lowest BCUT2D eigenvalue weighted by molar-refractivity contribution is -0.154. The van der Waals surface area contributed by atoms with Gasteiger partial charge in [0.05, 0.1) is 25.2 Å². The number of carbonyl (C=O) groups excluding carboxylic acids is 2. The fourth-order valence-corrected chi connectivity index (χ4v) is 6.61.